The second-order valence-corrected chi connectivity index (χ2v) is 9.69. The number of carboxylic acid groups (broad SMARTS) is 1. The number of alkyl halides is 3. The van der Waals surface area contributed by atoms with Crippen LogP contribution in [-0.2, 0) is 6.18 Å². The van der Waals surface area contributed by atoms with Crippen LogP contribution in [0.25, 0.3) is 0 Å². The van der Waals surface area contributed by atoms with Gasteiger partial charge in [-0.15, -0.1) is 0 Å². The maximum Gasteiger partial charge on any atom is 0.416 e. The molecule has 0 radical (unpaired) electrons. The van der Waals surface area contributed by atoms with Crippen molar-refractivity contribution >= 4 is 29.4 Å². The van der Waals surface area contributed by atoms with Crippen molar-refractivity contribution in [1.29, 1.82) is 0 Å². The lowest BCUT2D eigenvalue weighted by Gasteiger charge is -2.37. The topological polar surface area (TPSA) is 81.7 Å². The van der Waals surface area contributed by atoms with E-state index in [4.69, 9.17) is 11.6 Å². The Hall–Kier alpha value is -3.01. The summed E-state index contributed by atoms with van der Waals surface area (Å²) in [6.45, 7) is 5.50. The van der Waals surface area contributed by atoms with E-state index in [-0.39, 0.29) is 17.3 Å². The van der Waals surface area contributed by atoms with Crippen molar-refractivity contribution in [3.63, 3.8) is 0 Å². The zero-order valence-electron chi connectivity index (χ0n) is 18.6. The van der Waals surface area contributed by atoms with Crippen molar-refractivity contribution in [2.75, 3.05) is 11.9 Å². The fourth-order valence-corrected chi connectivity index (χ4v) is 4.64. The Morgan fingerprint density at radius 1 is 1.09 bits per heavy atom. The van der Waals surface area contributed by atoms with Gasteiger partial charge < -0.3 is 20.6 Å². The number of urea groups is 1. The van der Waals surface area contributed by atoms with Gasteiger partial charge in [0.15, 0.2) is 0 Å². The number of carbonyl (C=O) groups is 2. The molecule has 1 aliphatic rings. The SMILES string of the molecule is CC(C)(C)C1[C@@H](NC(=O)Nc2cc(Cl)cc(C(F)(F)F)c2)[C@H](c2ccc(F)cc2)CN1C(=O)O. The number of anilines is 1. The molecule has 1 unspecified atom stereocenters. The summed E-state index contributed by atoms with van der Waals surface area (Å²) in [6, 6.07) is 5.95. The Bertz CT molecular complexity index is 1070. The number of rotatable bonds is 3. The first-order valence-electron chi connectivity index (χ1n) is 10.4. The first-order valence-corrected chi connectivity index (χ1v) is 10.7. The molecule has 0 saturated carbocycles. The van der Waals surface area contributed by atoms with Crippen molar-refractivity contribution in [3.05, 3.63) is 64.4 Å². The van der Waals surface area contributed by atoms with E-state index < -0.39 is 53.1 Å². The van der Waals surface area contributed by atoms with Crippen LogP contribution in [0.5, 0.6) is 0 Å². The molecule has 3 amide bonds. The summed E-state index contributed by atoms with van der Waals surface area (Å²) in [7, 11) is 0. The fourth-order valence-electron chi connectivity index (χ4n) is 4.40. The lowest BCUT2D eigenvalue weighted by Crippen LogP contribution is -2.54. The number of hydrogen-bond donors (Lipinski definition) is 3. The maximum absolute atomic E-state index is 13.5. The normalized spacial score (nSPS) is 20.8. The van der Waals surface area contributed by atoms with Crippen LogP contribution in [-0.4, -0.2) is 40.8 Å². The summed E-state index contributed by atoms with van der Waals surface area (Å²) >= 11 is 5.79. The zero-order chi connectivity index (χ0) is 25.4. The van der Waals surface area contributed by atoms with Crippen molar-refractivity contribution < 1.29 is 32.3 Å². The summed E-state index contributed by atoms with van der Waals surface area (Å²) in [4.78, 5) is 26.1. The summed E-state index contributed by atoms with van der Waals surface area (Å²) in [5.74, 6) is -0.982. The van der Waals surface area contributed by atoms with E-state index >= 15 is 0 Å². The van der Waals surface area contributed by atoms with Gasteiger partial charge in [-0.25, -0.2) is 14.0 Å². The van der Waals surface area contributed by atoms with Gasteiger partial charge >= 0.3 is 18.3 Å². The van der Waals surface area contributed by atoms with Crippen molar-refractivity contribution in [3.8, 4) is 0 Å². The Morgan fingerprint density at radius 2 is 1.71 bits per heavy atom. The van der Waals surface area contributed by atoms with Crippen LogP contribution in [0.1, 0.15) is 37.8 Å². The molecule has 0 spiro atoms. The quantitative estimate of drug-likeness (QED) is 0.439. The Labute approximate surface area is 198 Å². The summed E-state index contributed by atoms with van der Waals surface area (Å²) < 4.78 is 52.8. The maximum atomic E-state index is 13.5. The molecule has 0 bridgehead atoms. The van der Waals surface area contributed by atoms with Crippen LogP contribution >= 0.6 is 11.6 Å². The van der Waals surface area contributed by atoms with E-state index in [0.717, 1.165) is 12.1 Å². The van der Waals surface area contributed by atoms with Crippen LogP contribution in [0.15, 0.2) is 42.5 Å². The number of amides is 3. The minimum atomic E-state index is -4.66. The van der Waals surface area contributed by atoms with Gasteiger partial charge in [0.05, 0.1) is 17.6 Å². The summed E-state index contributed by atoms with van der Waals surface area (Å²) in [5, 5.41) is 14.7. The lowest BCUT2D eigenvalue weighted by atomic mass is 9.79. The standard InChI is InChI=1S/C23H24ClF4N3O3/c1-22(2,3)19-18(17(11-31(19)21(33)34)12-4-6-15(25)7-5-12)30-20(32)29-16-9-13(23(26,27)28)8-14(24)10-16/h4-10,17-19H,11H2,1-3H3,(H,33,34)(H2,29,30,32)/t17-,18-,19?/m0/s1. The average molecular weight is 502 g/mol. The molecule has 2 aromatic rings. The number of carbonyl (C=O) groups excluding carboxylic acids is 1. The minimum absolute atomic E-state index is 0.0449. The van der Waals surface area contributed by atoms with Crippen LogP contribution in [0.3, 0.4) is 0 Å². The lowest BCUT2D eigenvalue weighted by molar-refractivity contribution is -0.137. The molecule has 184 valence electrons. The molecule has 1 fully saturated rings. The molecular weight excluding hydrogens is 478 g/mol. The smallest absolute Gasteiger partial charge is 0.416 e. The molecule has 34 heavy (non-hydrogen) atoms. The van der Waals surface area contributed by atoms with E-state index in [1.165, 1.54) is 35.2 Å². The minimum Gasteiger partial charge on any atom is -0.465 e. The Morgan fingerprint density at radius 3 is 2.24 bits per heavy atom. The van der Waals surface area contributed by atoms with E-state index in [0.29, 0.717) is 5.56 Å². The van der Waals surface area contributed by atoms with Gasteiger partial charge in [-0.3, -0.25) is 0 Å². The number of likely N-dealkylation sites (tertiary alicyclic amines) is 1. The Kier molecular flexibility index (Phi) is 7.02. The highest BCUT2D eigenvalue weighted by Crippen LogP contribution is 2.40. The van der Waals surface area contributed by atoms with E-state index in [2.05, 4.69) is 10.6 Å². The number of nitrogens with zero attached hydrogens (tertiary/aromatic N) is 1. The molecule has 3 rings (SSSR count). The largest absolute Gasteiger partial charge is 0.465 e. The van der Waals surface area contributed by atoms with Crippen molar-refractivity contribution in [2.45, 2.75) is 44.9 Å². The molecule has 0 aromatic heterocycles. The molecular formula is C23H24ClF4N3O3. The third kappa shape index (κ3) is 5.72. The van der Waals surface area contributed by atoms with Gasteiger partial charge in [0.2, 0.25) is 0 Å². The van der Waals surface area contributed by atoms with Gasteiger partial charge in [0.25, 0.3) is 0 Å². The van der Waals surface area contributed by atoms with Gasteiger partial charge in [-0.2, -0.15) is 13.2 Å². The van der Waals surface area contributed by atoms with Gasteiger partial charge in [0.1, 0.15) is 5.82 Å². The average Bonchev–Trinajstić information content (AvgIpc) is 3.07. The fraction of sp³-hybridized carbons (Fsp3) is 0.391. The first-order chi connectivity index (χ1) is 15.7. The molecule has 1 heterocycles. The molecule has 6 nitrogen and oxygen atoms in total. The molecule has 1 saturated heterocycles. The van der Waals surface area contributed by atoms with E-state index in [1.54, 1.807) is 0 Å². The first kappa shape index (κ1) is 25.6. The zero-order valence-corrected chi connectivity index (χ0v) is 19.3. The second-order valence-electron chi connectivity index (χ2n) is 9.25. The molecule has 11 heteroatoms. The van der Waals surface area contributed by atoms with E-state index in [1.807, 2.05) is 20.8 Å². The van der Waals surface area contributed by atoms with Crippen LogP contribution < -0.4 is 10.6 Å². The van der Waals surface area contributed by atoms with Crippen molar-refractivity contribution in [1.82, 2.24) is 10.2 Å². The number of halogens is 5. The highest BCUT2D eigenvalue weighted by Gasteiger charge is 2.50. The van der Waals surface area contributed by atoms with Gasteiger partial charge in [-0.05, 0) is 41.3 Å². The summed E-state index contributed by atoms with van der Waals surface area (Å²) in [5.41, 5.74) is -1.18. The van der Waals surface area contributed by atoms with Crippen LogP contribution in [0.4, 0.5) is 32.8 Å². The van der Waals surface area contributed by atoms with E-state index in [9.17, 15) is 32.3 Å². The third-order valence-corrected chi connectivity index (χ3v) is 5.93. The van der Waals surface area contributed by atoms with Gasteiger partial charge in [0, 0.05) is 23.2 Å². The number of benzene rings is 2. The number of nitrogens with one attached hydrogen (secondary N) is 2. The van der Waals surface area contributed by atoms with Crippen LogP contribution in [0, 0.1) is 11.2 Å². The third-order valence-electron chi connectivity index (χ3n) is 5.71. The molecule has 3 atom stereocenters. The second kappa shape index (κ2) is 9.32. The molecule has 2 aromatic carbocycles. The highest BCUT2D eigenvalue weighted by molar-refractivity contribution is 6.31. The molecule has 1 aliphatic heterocycles. The Balaban J connectivity index is 1.93. The van der Waals surface area contributed by atoms with Crippen LogP contribution in [0.2, 0.25) is 5.02 Å². The van der Waals surface area contributed by atoms with Crippen molar-refractivity contribution in [2.24, 2.45) is 5.41 Å². The highest BCUT2D eigenvalue weighted by atomic mass is 35.5. The number of hydrogen-bond acceptors (Lipinski definition) is 2. The predicted molar refractivity (Wildman–Crippen MR) is 120 cm³/mol. The monoisotopic (exact) mass is 501 g/mol. The predicted octanol–water partition coefficient (Wildman–Crippen LogP) is 6.18. The van der Waals surface area contributed by atoms with Gasteiger partial charge in [-0.1, -0.05) is 44.5 Å². The summed E-state index contributed by atoms with van der Waals surface area (Å²) in [6.07, 6.45) is -5.84. The molecule has 0 aliphatic carbocycles. The molecule has 3 N–H and O–H groups in total.